The van der Waals surface area contributed by atoms with Gasteiger partial charge < -0.3 is 4.42 Å². The molecule has 6 nitrogen and oxygen atoms in total. The summed E-state index contributed by atoms with van der Waals surface area (Å²) in [5, 5.41) is 4.08. The van der Waals surface area contributed by atoms with Crippen LogP contribution in [0, 0.1) is 0 Å². The first kappa shape index (κ1) is 22.1. The Morgan fingerprint density at radius 2 is 1.94 bits per heavy atom. The summed E-state index contributed by atoms with van der Waals surface area (Å²) in [6.45, 7) is -0.537. The predicted molar refractivity (Wildman–Crippen MR) is 103 cm³/mol. The summed E-state index contributed by atoms with van der Waals surface area (Å²) in [7, 11) is 0. The lowest BCUT2D eigenvalue weighted by Gasteiger charge is -2.22. The molecule has 3 heterocycles. The molecule has 0 bridgehead atoms. The van der Waals surface area contributed by atoms with Crippen molar-refractivity contribution in [1.29, 1.82) is 0 Å². The van der Waals surface area contributed by atoms with Crippen molar-refractivity contribution in [3.8, 4) is 11.6 Å². The molecule has 1 saturated carbocycles. The highest BCUT2D eigenvalue weighted by molar-refractivity contribution is 5.48. The van der Waals surface area contributed by atoms with E-state index in [0.29, 0.717) is 5.56 Å². The predicted octanol–water partition coefficient (Wildman–Crippen LogP) is 5.35. The van der Waals surface area contributed by atoms with Crippen LogP contribution in [0.15, 0.2) is 39.9 Å². The Kier molecular flexibility index (Phi) is 6.07. The normalized spacial score (nSPS) is 15.4. The third kappa shape index (κ3) is 4.56. The smallest absolute Gasteiger partial charge is 0.418 e. The zero-order chi connectivity index (χ0) is 22.9. The topological polar surface area (TPSA) is 73.8 Å². The molecule has 0 radical (unpaired) electrons. The molecule has 3 aromatic rings. The van der Waals surface area contributed by atoms with E-state index in [4.69, 9.17) is 4.42 Å². The van der Waals surface area contributed by atoms with E-state index in [9.17, 15) is 26.7 Å². The number of nitrogens with zero attached hydrogens (tertiary/aromatic N) is 4. The Hall–Kier alpha value is -3.11. The first-order valence-electron chi connectivity index (χ1n) is 10.1. The molecule has 1 fully saturated rings. The highest BCUT2D eigenvalue weighted by Crippen LogP contribution is 2.33. The molecule has 0 atom stereocenters. The number of aromatic nitrogens is 4. The van der Waals surface area contributed by atoms with Gasteiger partial charge in [0, 0.05) is 11.8 Å². The minimum atomic E-state index is -4.66. The van der Waals surface area contributed by atoms with Gasteiger partial charge in [-0.2, -0.15) is 18.3 Å². The molecule has 0 aliphatic heterocycles. The SMILES string of the molecule is O=c1c(C2CCCCC2)cc(-c2nc(C(F)F)co2)nn1Cc1ncccc1C(F)(F)F. The molecule has 0 saturated heterocycles. The van der Waals surface area contributed by atoms with Gasteiger partial charge in [0.15, 0.2) is 0 Å². The number of rotatable bonds is 5. The molecule has 1 aliphatic rings. The zero-order valence-corrected chi connectivity index (χ0v) is 16.8. The Morgan fingerprint density at radius 1 is 1.19 bits per heavy atom. The third-order valence-electron chi connectivity index (χ3n) is 5.51. The van der Waals surface area contributed by atoms with E-state index in [-0.39, 0.29) is 23.2 Å². The van der Waals surface area contributed by atoms with Crippen LogP contribution in [0.4, 0.5) is 22.0 Å². The Bertz CT molecular complexity index is 1150. The highest BCUT2D eigenvalue weighted by atomic mass is 19.4. The quantitative estimate of drug-likeness (QED) is 0.486. The second kappa shape index (κ2) is 8.79. The second-order valence-corrected chi connectivity index (χ2v) is 7.66. The van der Waals surface area contributed by atoms with E-state index < -0.39 is 36.0 Å². The van der Waals surface area contributed by atoms with E-state index in [1.54, 1.807) is 0 Å². The van der Waals surface area contributed by atoms with Crippen LogP contribution in [-0.2, 0) is 12.7 Å². The number of hydrogen-bond acceptors (Lipinski definition) is 5. The van der Waals surface area contributed by atoms with Crippen molar-refractivity contribution in [2.24, 2.45) is 0 Å². The minimum Gasteiger partial charge on any atom is -0.443 e. The fourth-order valence-corrected chi connectivity index (χ4v) is 3.95. The fraction of sp³-hybridized carbons (Fsp3) is 0.429. The van der Waals surface area contributed by atoms with E-state index in [2.05, 4.69) is 15.1 Å². The van der Waals surface area contributed by atoms with Gasteiger partial charge in [0.2, 0.25) is 5.89 Å². The maximum absolute atomic E-state index is 13.4. The molecule has 4 rings (SSSR count). The maximum atomic E-state index is 13.4. The lowest BCUT2D eigenvalue weighted by molar-refractivity contribution is -0.138. The molecule has 0 amide bonds. The van der Waals surface area contributed by atoms with Gasteiger partial charge in [-0.3, -0.25) is 9.78 Å². The standard InChI is InChI=1S/C21H19F5N4O2/c22-18(23)17-11-32-19(28-17)15-9-13(12-5-2-1-3-6-12)20(31)30(29-15)10-16-14(21(24,25)26)7-4-8-27-16/h4,7-9,11-12,18H,1-3,5-6,10H2. The van der Waals surface area contributed by atoms with Gasteiger partial charge in [-0.15, -0.1) is 0 Å². The van der Waals surface area contributed by atoms with Crippen LogP contribution in [0.2, 0.25) is 0 Å². The first-order valence-corrected chi connectivity index (χ1v) is 10.1. The zero-order valence-electron chi connectivity index (χ0n) is 16.8. The van der Waals surface area contributed by atoms with Crippen molar-refractivity contribution >= 4 is 0 Å². The van der Waals surface area contributed by atoms with Crippen LogP contribution in [0.5, 0.6) is 0 Å². The third-order valence-corrected chi connectivity index (χ3v) is 5.51. The van der Waals surface area contributed by atoms with Crippen LogP contribution in [0.1, 0.15) is 67.0 Å². The van der Waals surface area contributed by atoms with Crippen molar-refractivity contribution in [3.05, 3.63) is 63.5 Å². The molecule has 11 heteroatoms. The van der Waals surface area contributed by atoms with Gasteiger partial charge >= 0.3 is 6.18 Å². The van der Waals surface area contributed by atoms with Crippen LogP contribution < -0.4 is 5.56 Å². The lowest BCUT2D eigenvalue weighted by Crippen LogP contribution is -2.30. The summed E-state index contributed by atoms with van der Waals surface area (Å²) >= 11 is 0. The number of oxazole rings is 1. The van der Waals surface area contributed by atoms with Crippen molar-refractivity contribution in [1.82, 2.24) is 19.7 Å². The van der Waals surface area contributed by atoms with Crippen molar-refractivity contribution in [3.63, 3.8) is 0 Å². The van der Waals surface area contributed by atoms with Gasteiger partial charge in [0.1, 0.15) is 17.7 Å². The van der Waals surface area contributed by atoms with Crippen LogP contribution >= 0.6 is 0 Å². The summed E-state index contributed by atoms with van der Waals surface area (Å²) < 4.78 is 72.1. The summed E-state index contributed by atoms with van der Waals surface area (Å²) in [5.41, 5.74) is -2.13. The lowest BCUT2D eigenvalue weighted by atomic mass is 9.84. The van der Waals surface area contributed by atoms with Gasteiger partial charge in [0.05, 0.1) is 17.8 Å². The molecular formula is C21H19F5N4O2. The van der Waals surface area contributed by atoms with E-state index in [1.807, 2.05) is 0 Å². The minimum absolute atomic E-state index is 0.00145. The molecular weight excluding hydrogens is 435 g/mol. The summed E-state index contributed by atoms with van der Waals surface area (Å²) in [6.07, 6.45) is -1.20. The second-order valence-electron chi connectivity index (χ2n) is 7.66. The van der Waals surface area contributed by atoms with E-state index in [0.717, 1.165) is 55.2 Å². The highest BCUT2D eigenvalue weighted by Gasteiger charge is 2.34. The van der Waals surface area contributed by atoms with E-state index >= 15 is 0 Å². The molecule has 32 heavy (non-hydrogen) atoms. The van der Waals surface area contributed by atoms with Crippen molar-refractivity contribution in [2.75, 3.05) is 0 Å². The molecule has 0 N–H and O–H groups in total. The average Bonchev–Trinajstić information content (AvgIpc) is 3.26. The van der Waals surface area contributed by atoms with Crippen molar-refractivity contribution < 1.29 is 26.4 Å². The molecule has 0 unspecified atom stereocenters. The number of pyridine rings is 1. The number of halogens is 5. The number of hydrogen-bond donors (Lipinski definition) is 0. The molecule has 0 aromatic carbocycles. The Balaban J connectivity index is 1.82. The van der Waals surface area contributed by atoms with Crippen molar-refractivity contribution in [2.45, 2.75) is 57.2 Å². The van der Waals surface area contributed by atoms with Gasteiger partial charge in [-0.05, 0) is 37.0 Å². The maximum Gasteiger partial charge on any atom is 0.418 e. The molecule has 170 valence electrons. The number of alkyl halides is 5. The van der Waals surface area contributed by atoms with Crippen LogP contribution in [0.25, 0.3) is 11.6 Å². The average molecular weight is 454 g/mol. The Morgan fingerprint density at radius 3 is 2.59 bits per heavy atom. The van der Waals surface area contributed by atoms with Gasteiger partial charge in [0.25, 0.3) is 12.0 Å². The fourth-order valence-electron chi connectivity index (χ4n) is 3.95. The summed E-state index contributed by atoms with van der Waals surface area (Å²) in [5.74, 6) is -0.345. The summed E-state index contributed by atoms with van der Waals surface area (Å²) in [6, 6.07) is 3.48. The van der Waals surface area contributed by atoms with Gasteiger partial charge in [-0.1, -0.05) is 19.3 Å². The van der Waals surface area contributed by atoms with Crippen LogP contribution in [0.3, 0.4) is 0 Å². The largest absolute Gasteiger partial charge is 0.443 e. The van der Waals surface area contributed by atoms with E-state index in [1.165, 1.54) is 12.3 Å². The monoisotopic (exact) mass is 454 g/mol. The Labute approximate surface area is 179 Å². The summed E-state index contributed by atoms with van der Waals surface area (Å²) in [4.78, 5) is 20.7. The van der Waals surface area contributed by atoms with Gasteiger partial charge in [-0.25, -0.2) is 18.4 Å². The molecule has 0 spiro atoms. The first-order chi connectivity index (χ1) is 15.2. The van der Waals surface area contributed by atoms with Crippen LogP contribution in [-0.4, -0.2) is 19.7 Å². The molecule has 3 aromatic heterocycles. The molecule has 1 aliphatic carbocycles.